The predicted molar refractivity (Wildman–Crippen MR) is 234 cm³/mol. The topological polar surface area (TPSA) is 0 Å². The number of benzene rings is 4. The van der Waals surface area contributed by atoms with Crippen LogP contribution in [0.2, 0.25) is 13.1 Å². The third-order valence-electron chi connectivity index (χ3n) is 9.21. The van der Waals surface area contributed by atoms with Crippen molar-refractivity contribution in [2.75, 3.05) is 0 Å². The zero-order valence-corrected chi connectivity index (χ0v) is 38.5. The molecule has 0 N–H and O–H groups in total. The van der Waals surface area contributed by atoms with Crippen molar-refractivity contribution in [1.82, 2.24) is 0 Å². The fraction of sp³-hybridized carbons (Fsp3) is 0.375. The summed E-state index contributed by atoms with van der Waals surface area (Å²) < 4.78 is 0. The molecule has 0 amide bonds. The van der Waals surface area contributed by atoms with Crippen LogP contribution in [0.4, 0.5) is 0 Å². The van der Waals surface area contributed by atoms with E-state index in [0.717, 1.165) is 22.4 Å². The average molecular weight is 827 g/mol. The quantitative estimate of drug-likeness (QED) is 0.0953. The van der Waals surface area contributed by atoms with Gasteiger partial charge in [0.05, 0.1) is 0 Å². The number of hydrogen-bond donors (Lipinski definition) is 0. The predicted octanol–water partition coefficient (Wildman–Crippen LogP) is 15.7. The maximum atomic E-state index is 4.93. The third-order valence-corrected chi connectivity index (χ3v) is 9.21. The monoisotopic (exact) mass is 824 g/mol. The number of halogens is 2. The van der Waals surface area contributed by atoms with Crippen LogP contribution in [0.15, 0.2) is 84.9 Å². The summed E-state index contributed by atoms with van der Waals surface area (Å²) in [4.78, 5) is 0. The molecular weight excluding hydrogens is 767 g/mol. The Bertz CT molecular complexity index is 1790. The summed E-state index contributed by atoms with van der Waals surface area (Å²) in [5.41, 5.74) is 17.0. The van der Waals surface area contributed by atoms with Gasteiger partial charge in [-0.15, -0.1) is 69.1 Å². The Hall–Kier alpha value is -2.22. The molecule has 0 aliphatic carbocycles. The second-order valence-electron chi connectivity index (χ2n) is 14.3. The van der Waals surface area contributed by atoms with Crippen LogP contribution in [0.5, 0.6) is 0 Å². The minimum atomic E-state index is -0.826. The van der Waals surface area contributed by atoms with Crippen molar-refractivity contribution < 1.29 is 20.8 Å². The molecular formula is C48H60Cl2SiZr. The van der Waals surface area contributed by atoms with Gasteiger partial charge in [0.1, 0.15) is 0 Å². The molecule has 0 aliphatic rings. The second kappa shape index (κ2) is 22.9. The molecule has 6 aromatic rings. The van der Waals surface area contributed by atoms with Gasteiger partial charge in [-0.05, 0) is 64.5 Å². The number of fused-ring (bicyclic) bond motifs is 2. The molecule has 274 valence electrons. The van der Waals surface area contributed by atoms with Crippen molar-refractivity contribution in [3.63, 3.8) is 0 Å². The molecule has 0 fully saturated rings. The summed E-state index contributed by atoms with van der Waals surface area (Å²) in [6.45, 7) is 22.1. The van der Waals surface area contributed by atoms with Gasteiger partial charge in [-0.3, -0.25) is 0 Å². The molecule has 6 aromatic carbocycles. The van der Waals surface area contributed by atoms with E-state index in [1.54, 1.807) is 0 Å². The molecule has 2 radical (unpaired) electrons. The fourth-order valence-corrected chi connectivity index (χ4v) is 7.52. The van der Waals surface area contributed by atoms with Crippen LogP contribution in [-0.2, 0) is 46.5 Å². The van der Waals surface area contributed by atoms with Crippen LogP contribution < -0.4 is 0 Å². The molecule has 0 saturated carbocycles. The summed E-state index contributed by atoms with van der Waals surface area (Å²) in [5.74, 6) is 0. The summed E-state index contributed by atoms with van der Waals surface area (Å²) >= 11 is -0.826. The van der Waals surface area contributed by atoms with Crippen molar-refractivity contribution >= 4 is 48.1 Å². The van der Waals surface area contributed by atoms with Crippen LogP contribution in [0.3, 0.4) is 0 Å². The van der Waals surface area contributed by atoms with Crippen LogP contribution in [0.1, 0.15) is 97.9 Å². The first kappa shape index (κ1) is 44.2. The van der Waals surface area contributed by atoms with Gasteiger partial charge in [-0.1, -0.05) is 147 Å². The molecule has 52 heavy (non-hydrogen) atoms. The fourth-order valence-electron chi connectivity index (χ4n) is 7.52. The summed E-state index contributed by atoms with van der Waals surface area (Å²) in [6.07, 6.45) is 9.42. The van der Waals surface area contributed by atoms with E-state index in [2.05, 4.69) is 153 Å². The van der Waals surface area contributed by atoms with Gasteiger partial charge < -0.3 is 0 Å². The Morgan fingerprint density at radius 2 is 0.808 bits per heavy atom. The zero-order chi connectivity index (χ0) is 38.2. The van der Waals surface area contributed by atoms with Crippen molar-refractivity contribution in [3.05, 3.63) is 129 Å². The van der Waals surface area contributed by atoms with E-state index in [1.165, 1.54) is 127 Å². The molecule has 0 spiro atoms. The zero-order valence-electron chi connectivity index (χ0n) is 33.5. The Morgan fingerprint density at radius 3 is 1.10 bits per heavy atom. The van der Waals surface area contributed by atoms with E-state index < -0.39 is 20.8 Å². The van der Waals surface area contributed by atoms with Crippen LogP contribution in [-0.4, -0.2) is 9.52 Å². The van der Waals surface area contributed by atoms with Crippen molar-refractivity contribution in [2.24, 2.45) is 0 Å². The second-order valence-corrected chi connectivity index (χ2v) is 19.0. The van der Waals surface area contributed by atoms with E-state index in [1.807, 2.05) is 0 Å². The molecule has 0 aromatic heterocycles. The van der Waals surface area contributed by atoms with Crippen LogP contribution in [0.25, 0.3) is 43.8 Å². The molecule has 6 rings (SSSR count). The van der Waals surface area contributed by atoms with Gasteiger partial charge in [0.15, 0.2) is 0 Å². The molecule has 0 atom stereocenters. The van der Waals surface area contributed by atoms with Crippen LogP contribution >= 0.6 is 17.0 Å². The first-order valence-corrected chi connectivity index (χ1v) is 27.5. The SMILES string of the molecule is CCCc1cc2c(-c3cc(C)cc(C)c3)c(CCC)ccc2[cH-]1.CCCc1cc2c(-c3cc(C)cc(C)c3)c(CCC)ccc2[cH-]1.C[Si]C.[Cl][Zr+2][Cl]. The molecule has 4 heteroatoms. The van der Waals surface area contributed by atoms with E-state index in [4.69, 9.17) is 17.0 Å². The van der Waals surface area contributed by atoms with Gasteiger partial charge >= 0.3 is 37.9 Å². The number of aryl methyl sites for hydroxylation is 8. The molecule has 0 unspecified atom stereocenters. The Balaban J connectivity index is 0.000000244. The first-order valence-electron chi connectivity index (χ1n) is 19.2. The van der Waals surface area contributed by atoms with Crippen LogP contribution in [0, 0.1) is 27.7 Å². The molecule has 0 aliphatic heterocycles. The number of rotatable bonds is 10. The van der Waals surface area contributed by atoms with Gasteiger partial charge in [-0.25, -0.2) is 0 Å². The van der Waals surface area contributed by atoms with Gasteiger partial charge in [0.25, 0.3) is 0 Å². The van der Waals surface area contributed by atoms with E-state index in [0.29, 0.717) is 0 Å². The molecule has 0 bridgehead atoms. The molecule has 0 heterocycles. The molecule has 0 saturated heterocycles. The summed E-state index contributed by atoms with van der Waals surface area (Å²) in [5, 5.41) is 5.65. The van der Waals surface area contributed by atoms with Gasteiger partial charge in [0.2, 0.25) is 0 Å². The molecule has 0 nitrogen and oxygen atoms in total. The maximum absolute atomic E-state index is 4.93. The summed E-state index contributed by atoms with van der Waals surface area (Å²) in [7, 11) is 11.0. The van der Waals surface area contributed by atoms with Crippen molar-refractivity contribution in [1.29, 1.82) is 0 Å². The van der Waals surface area contributed by atoms with Gasteiger partial charge in [-0.2, -0.15) is 12.1 Å². The first-order chi connectivity index (χ1) is 25.1. The standard InChI is InChI=1S/2C23H27.C2H6Si.2ClH.Zr/c2*1-5-7-18-14-20-10-9-19(8-6-2)23(22(20)15-18)21-12-16(3)11-17(4)13-21;1-3-2;;;/h2*9-15H,5-8H2,1-4H3;1-2H3;2*1H;/q2*-1;;;;+4/p-2. The minimum absolute atomic E-state index is 0.826. The Kier molecular flexibility index (Phi) is 19.4. The van der Waals surface area contributed by atoms with Crippen molar-refractivity contribution in [3.8, 4) is 22.3 Å². The van der Waals surface area contributed by atoms with E-state index in [9.17, 15) is 0 Å². The van der Waals surface area contributed by atoms with E-state index >= 15 is 0 Å². The van der Waals surface area contributed by atoms with Gasteiger partial charge in [0, 0.05) is 9.52 Å². The van der Waals surface area contributed by atoms with Crippen molar-refractivity contribution in [2.45, 2.75) is 120 Å². The average Bonchev–Trinajstić information content (AvgIpc) is 3.69. The van der Waals surface area contributed by atoms with E-state index in [-0.39, 0.29) is 0 Å². The number of hydrogen-bond acceptors (Lipinski definition) is 0. The summed E-state index contributed by atoms with van der Waals surface area (Å²) in [6, 6.07) is 32.8. The Labute approximate surface area is 338 Å². The normalized spacial score (nSPS) is 10.5. The third kappa shape index (κ3) is 12.4. The Morgan fingerprint density at radius 1 is 0.500 bits per heavy atom.